The van der Waals surface area contributed by atoms with Gasteiger partial charge in [0.05, 0.1) is 18.8 Å². The molecule has 1 aromatic carbocycles. The number of hydrogen-bond donors (Lipinski definition) is 0. The molecule has 1 aliphatic heterocycles. The maximum absolute atomic E-state index is 13.3. The van der Waals surface area contributed by atoms with Crippen LogP contribution in [0.15, 0.2) is 18.2 Å². The monoisotopic (exact) mass is 419 g/mol. The van der Waals surface area contributed by atoms with Crippen LogP contribution in [0.25, 0.3) is 0 Å². The first-order valence-electron chi connectivity index (χ1n) is 11.4. The highest BCUT2D eigenvalue weighted by atomic mass is 16.5. The molecule has 0 unspecified atom stereocenters. The number of benzene rings is 1. The summed E-state index contributed by atoms with van der Waals surface area (Å²) in [5.74, 6) is 1.59. The Morgan fingerprint density at radius 3 is 2.57 bits per heavy atom. The Morgan fingerprint density at radius 1 is 1.13 bits per heavy atom. The summed E-state index contributed by atoms with van der Waals surface area (Å²) in [4.78, 5) is 15.3. The average molecular weight is 420 g/mol. The molecule has 2 aliphatic rings. The lowest BCUT2D eigenvalue weighted by atomic mass is 10.0. The van der Waals surface area contributed by atoms with Crippen LogP contribution in [0.2, 0.25) is 0 Å². The van der Waals surface area contributed by atoms with Crippen LogP contribution in [0, 0.1) is 0 Å². The summed E-state index contributed by atoms with van der Waals surface area (Å²) in [5.41, 5.74) is 1.06. The Kier molecular flexibility index (Phi) is 8.40. The molecule has 1 aliphatic carbocycles. The van der Waals surface area contributed by atoms with E-state index < -0.39 is 0 Å². The van der Waals surface area contributed by atoms with Gasteiger partial charge in [-0.25, -0.2) is 0 Å². The molecule has 0 aromatic heterocycles. The number of hydrogen-bond acceptors (Lipinski definition) is 5. The van der Waals surface area contributed by atoms with Crippen molar-refractivity contribution >= 4 is 5.91 Å². The minimum atomic E-state index is -0.296. The standard InChI is InChI=1S/C24H37NO5/c1-17(2)30-21-12-9-19(16-23(21)29-15-7-13-27-4)18(3)25(20-10-11-20)24(26)22-8-5-6-14-28-22/h9,12,16-18,20,22H,5-8,10-11,13-15H2,1-4H3/t18-,22-/m1/s1. The van der Waals surface area contributed by atoms with E-state index in [4.69, 9.17) is 18.9 Å². The van der Waals surface area contributed by atoms with E-state index in [1.807, 2.05) is 30.9 Å². The molecular weight excluding hydrogens is 382 g/mol. The summed E-state index contributed by atoms with van der Waals surface area (Å²) in [6, 6.07) is 6.32. The normalized spacial score (nSPS) is 20.1. The molecule has 1 amide bonds. The van der Waals surface area contributed by atoms with Gasteiger partial charge >= 0.3 is 0 Å². The molecule has 168 valence electrons. The number of amides is 1. The van der Waals surface area contributed by atoms with Crippen molar-refractivity contribution in [1.29, 1.82) is 0 Å². The molecule has 0 spiro atoms. The fourth-order valence-corrected chi connectivity index (χ4v) is 3.94. The summed E-state index contributed by atoms with van der Waals surface area (Å²) < 4.78 is 22.9. The lowest BCUT2D eigenvalue weighted by Gasteiger charge is -2.34. The van der Waals surface area contributed by atoms with Crippen LogP contribution in [-0.2, 0) is 14.3 Å². The van der Waals surface area contributed by atoms with Gasteiger partial charge in [0.2, 0.25) is 0 Å². The van der Waals surface area contributed by atoms with Gasteiger partial charge < -0.3 is 23.8 Å². The molecule has 2 fully saturated rings. The molecule has 0 N–H and O–H groups in total. The van der Waals surface area contributed by atoms with Crippen molar-refractivity contribution in [3.8, 4) is 11.5 Å². The zero-order valence-electron chi connectivity index (χ0n) is 18.9. The van der Waals surface area contributed by atoms with Crippen molar-refractivity contribution in [2.24, 2.45) is 0 Å². The molecule has 0 radical (unpaired) electrons. The fourth-order valence-electron chi connectivity index (χ4n) is 3.94. The van der Waals surface area contributed by atoms with E-state index in [2.05, 4.69) is 13.0 Å². The van der Waals surface area contributed by atoms with Crippen molar-refractivity contribution in [1.82, 2.24) is 4.90 Å². The number of carbonyl (C=O) groups is 1. The average Bonchev–Trinajstić information content (AvgIpc) is 3.57. The molecule has 0 bridgehead atoms. The Labute approximate surface area is 180 Å². The number of ether oxygens (including phenoxy) is 4. The minimum Gasteiger partial charge on any atom is -0.490 e. The highest BCUT2D eigenvalue weighted by Crippen LogP contribution is 2.39. The van der Waals surface area contributed by atoms with Gasteiger partial charge in [0.15, 0.2) is 11.5 Å². The molecule has 6 heteroatoms. The predicted molar refractivity (Wildman–Crippen MR) is 116 cm³/mol. The van der Waals surface area contributed by atoms with Gasteiger partial charge in [-0.05, 0) is 70.6 Å². The van der Waals surface area contributed by atoms with Crippen LogP contribution >= 0.6 is 0 Å². The minimum absolute atomic E-state index is 0.0371. The second-order valence-corrected chi connectivity index (χ2v) is 8.58. The third kappa shape index (κ3) is 6.11. The van der Waals surface area contributed by atoms with Crippen molar-refractivity contribution in [3.63, 3.8) is 0 Å². The predicted octanol–water partition coefficient (Wildman–Crippen LogP) is 4.51. The molecule has 2 atom stereocenters. The topological polar surface area (TPSA) is 57.2 Å². The molecular formula is C24H37NO5. The summed E-state index contributed by atoms with van der Waals surface area (Å²) in [6.07, 6.45) is 5.63. The molecule has 1 saturated heterocycles. The second-order valence-electron chi connectivity index (χ2n) is 8.58. The largest absolute Gasteiger partial charge is 0.490 e. The van der Waals surface area contributed by atoms with E-state index in [-0.39, 0.29) is 24.2 Å². The van der Waals surface area contributed by atoms with Crippen LogP contribution in [0.5, 0.6) is 11.5 Å². The molecule has 30 heavy (non-hydrogen) atoms. The lowest BCUT2D eigenvalue weighted by molar-refractivity contribution is -0.149. The number of methoxy groups -OCH3 is 1. The Hall–Kier alpha value is -1.79. The Balaban J connectivity index is 1.78. The van der Waals surface area contributed by atoms with Gasteiger partial charge in [-0.15, -0.1) is 0 Å². The fraction of sp³-hybridized carbons (Fsp3) is 0.708. The smallest absolute Gasteiger partial charge is 0.252 e. The zero-order chi connectivity index (χ0) is 21.5. The summed E-state index contributed by atoms with van der Waals surface area (Å²) in [7, 11) is 1.69. The summed E-state index contributed by atoms with van der Waals surface area (Å²) in [5, 5.41) is 0. The quantitative estimate of drug-likeness (QED) is 0.494. The summed E-state index contributed by atoms with van der Waals surface area (Å²) in [6.45, 7) is 8.00. The highest BCUT2D eigenvalue weighted by Gasteiger charge is 2.40. The molecule has 1 saturated carbocycles. The van der Waals surface area contributed by atoms with E-state index >= 15 is 0 Å². The van der Waals surface area contributed by atoms with Gasteiger partial charge in [0.25, 0.3) is 5.91 Å². The van der Waals surface area contributed by atoms with Gasteiger partial charge in [-0.3, -0.25) is 4.79 Å². The Morgan fingerprint density at radius 2 is 1.93 bits per heavy atom. The first kappa shape index (κ1) is 22.9. The molecule has 1 aromatic rings. The van der Waals surface area contributed by atoms with Gasteiger partial charge in [-0.2, -0.15) is 0 Å². The van der Waals surface area contributed by atoms with E-state index in [0.717, 1.165) is 55.6 Å². The van der Waals surface area contributed by atoms with E-state index in [1.54, 1.807) is 7.11 Å². The molecule has 6 nitrogen and oxygen atoms in total. The first-order valence-corrected chi connectivity index (χ1v) is 11.4. The lowest BCUT2D eigenvalue weighted by Crippen LogP contribution is -2.44. The third-order valence-corrected chi connectivity index (χ3v) is 5.63. The van der Waals surface area contributed by atoms with Crippen molar-refractivity contribution in [2.45, 2.75) is 83.6 Å². The van der Waals surface area contributed by atoms with E-state index in [9.17, 15) is 4.79 Å². The summed E-state index contributed by atoms with van der Waals surface area (Å²) >= 11 is 0. The van der Waals surface area contributed by atoms with Crippen LogP contribution in [0.3, 0.4) is 0 Å². The van der Waals surface area contributed by atoms with E-state index in [0.29, 0.717) is 25.9 Å². The molecule has 3 rings (SSSR count). The van der Waals surface area contributed by atoms with Gasteiger partial charge in [0.1, 0.15) is 6.10 Å². The SMILES string of the molecule is COCCCOc1cc([C@@H](C)N(C(=O)[C@H]2CCCCO2)C2CC2)ccc1OC(C)C. The van der Waals surface area contributed by atoms with Crippen molar-refractivity contribution in [3.05, 3.63) is 23.8 Å². The Bertz CT molecular complexity index is 682. The maximum atomic E-state index is 13.3. The van der Waals surface area contributed by atoms with Gasteiger partial charge in [-0.1, -0.05) is 6.07 Å². The van der Waals surface area contributed by atoms with Gasteiger partial charge in [0, 0.05) is 32.8 Å². The first-order chi connectivity index (χ1) is 14.5. The molecule has 1 heterocycles. The van der Waals surface area contributed by atoms with Crippen LogP contribution in [-0.4, -0.2) is 56.0 Å². The maximum Gasteiger partial charge on any atom is 0.252 e. The van der Waals surface area contributed by atoms with Crippen LogP contribution < -0.4 is 9.47 Å². The number of nitrogens with zero attached hydrogens (tertiary/aromatic N) is 1. The van der Waals surface area contributed by atoms with Crippen molar-refractivity contribution in [2.75, 3.05) is 26.9 Å². The van der Waals surface area contributed by atoms with Crippen molar-refractivity contribution < 1.29 is 23.7 Å². The number of rotatable bonds is 11. The van der Waals surface area contributed by atoms with E-state index in [1.165, 1.54) is 0 Å². The van der Waals surface area contributed by atoms with Crippen LogP contribution in [0.4, 0.5) is 0 Å². The third-order valence-electron chi connectivity index (χ3n) is 5.63. The number of carbonyl (C=O) groups excluding carboxylic acids is 1. The van der Waals surface area contributed by atoms with Crippen LogP contribution in [0.1, 0.15) is 70.9 Å². The zero-order valence-corrected chi connectivity index (χ0v) is 18.9. The second kappa shape index (κ2) is 11.0. The highest BCUT2D eigenvalue weighted by molar-refractivity contribution is 5.82.